The van der Waals surface area contributed by atoms with Crippen LogP contribution in [-0.2, 0) is 0 Å². The molecule has 1 saturated heterocycles. The van der Waals surface area contributed by atoms with Crippen LogP contribution >= 0.6 is 0 Å². The Labute approximate surface area is 152 Å². The highest BCUT2D eigenvalue weighted by Gasteiger charge is 2.22. The first-order valence-corrected chi connectivity index (χ1v) is 8.84. The van der Waals surface area contributed by atoms with Gasteiger partial charge in [-0.15, -0.1) is 0 Å². The number of anilines is 1. The van der Waals surface area contributed by atoms with Gasteiger partial charge in [0, 0.05) is 49.9 Å². The van der Waals surface area contributed by atoms with Crippen LogP contribution in [0.1, 0.15) is 0 Å². The minimum Gasteiger partial charge on any atom is -0.368 e. The number of rotatable bonds is 4. The number of fused-ring (bicyclic) bond motifs is 1. The highest BCUT2D eigenvalue weighted by atomic mass is 19.1. The molecule has 1 aromatic carbocycles. The van der Waals surface area contributed by atoms with Crippen molar-refractivity contribution in [1.29, 1.82) is 0 Å². The Hall–Kier alpha value is -2.51. The number of likely N-dealkylation sites (N-methyl/N-ethyl adjacent to an activating group) is 2. The van der Waals surface area contributed by atoms with Crippen molar-refractivity contribution in [2.45, 2.75) is 6.04 Å². The first-order valence-electron chi connectivity index (χ1n) is 8.84. The summed E-state index contributed by atoms with van der Waals surface area (Å²) < 4.78 is 16.0. The number of halogens is 1. The summed E-state index contributed by atoms with van der Waals surface area (Å²) in [7, 11) is 4.30. The third-order valence-electron chi connectivity index (χ3n) is 5.01. The van der Waals surface area contributed by atoms with Crippen molar-refractivity contribution in [3.63, 3.8) is 0 Å². The number of aromatic nitrogens is 3. The van der Waals surface area contributed by atoms with Crippen LogP contribution in [0.15, 0.2) is 42.6 Å². The number of hydrogen-bond acceptors (Lipinski definition) is 5. The summed E-state index contributed by atoms with van der Waals surface area (Å²) >= 11 is 0. The Kier molecular flexibility index (Phi) is 4.57. The Bertz CT molecular complexity index is 908. The van der Waals surface area contributed by atoms with Gasteiger partial charge in [0.05, 0.1) is 11.9 Å². The van der Waals surface area contributed by atoms with Crippen molar-refractivity contribution in [3.05, 3.63) is 48.4 Å². The first kappa shape index (κ1) is 16.9. The van der Waals surface area contributed by atoms with Gasteiger partial charge in [0.15, 0.2) is 5.65 Å². The molecule has 0 amide bonds. The van der Waals surface area contributed by atoms with Crippen LogP contribution in [0.3, 0.4) is 0 Å². The highest BCUT2D eigenvalue weighted by molar-refractivity contribution is 5.66. The van der Waals surface area contributed by atoms with Crippen molar-refractivity contribution in [3.8, 4) is 11.3 Å². The molecular formula is C19H23FN6. The molecule has 0 bridgehead atoms. The standard InChI is InChI=1S/C19H23FN6/c1-24-9-10-25(2)14(13-24)12-21-19-11-17(15-5-3-4-6-16(15)20)23-18-7-8-22-26(18)19/h3-8,11,14,21H,9-10,12-13H2,1-2H3/t14-/m0/s1. The van der Waals surface area contributed by atoms with Gasteiger partial charge in [0.1, 0.15) is 11.6 Å². The fraction of sp³-hybridized carbons (Fsp3) is 0.368. The summed E-state index contributed by atoms with van der Waals surface area (Å²) in [6.07, 6.45) is 1.71. The largest absolute Gasteiger partial charge is 0.368 e. The molecular weight excluding hydrogens is 331 g/mol. The number of hydrogen-bond donors (Lipinski definition) is 1. The zero-order valence-electron chi connectivity index (χ0n) is 15.1. The van der Waals surface area contributed by atoms with Gasteiger partial charge in [-0.2, -0.15) is 9.61 Å². The Morgan fingerprint density at radius 2 is 2.04 bits per heavy atom. The fourth-order valence-electron chi connectivity index (χ4n) is 3.39. The van der Waals surface area contributed by atoms with Crippen molar-refractivity contribution < 1.29 is 4.39 Å². The smallest absolute Gasteiger partial charge is 0.157 e. The molecule has 136 valence electrons. The van der Waals surface area contributed by atoms with Crippen molar-refractivity contribution in [1.82, 2.24) is 24.4 Å². The molecule has 4 rings (SSSR count). The van der Waals surface area contributed by atoms with Crippen molar-refractivity contribution in [2.75, 3.05) is 45.6 Å². The summed E-state index contributed by atoms with van der Waals surface area (Å²) in [5, 5.41) is 7.84. The SMILES string of the molecule is CN1CCN(C)[C@@H](CNc2cc(-c3ccccc3F)nc3ccnn23)C1. The summed E-state index contributed by atoms with van der Waals surface area (Å²) in [5.41, 5.74) is 1.80. The minimum absolute atomic E-state index is 0.275. The molecule has 1 aliphatic rings. The van der Waals surface area contributed by atoms with Gasteiger partial charge in [-0.3, -0.25) is 4.90 Å². The molecule has 3 heterocycles. The second-order valence-corrected chi connectivity index (χ2v) is 6.89. The maximum absolute atomic E-state index is 14.2. The van der Waals surface area contributed by atoms with E-state index in [2.05, 4.69) is 39.3 Å². The predicted octanol–water partition coefficient (Wildman–Crippen LogP) is 2.19. The normalized spacial score (nSPS) is 19.1. The zero-order valence-corrected chi connectivity index (χ0v) is 15.1. The summed E-state index contributed by atoms with van der Waals surface area (Å²) in [6, 6.07) is 10.8. The maximum Gasteiger partial charge on any atom is 0.157 e. The van der Waals surface area contributed by atoms with E-state index in [1.807, 2.05) is 18.2 Å². The van der Waals surface area contributed by atoms with Crippen LogP contribution in [-0.4, -0.2) is 70.7 Å². The van der Waals surface area contributed by atoms with E-state index in [9.17, 15) is 4.39 Å². The van der Waals surface area contributed by atoms with E-state index in [1.54, 1.807) is 22.8 Å². The van der Waals surface area contributed by atoms with Gasteiger partial charge in [0.2, 0.25) is 0 Å². The van der Waals surface area contributed by atoms with E-state index >= 15 is 0 Å². The average Bonchev–Trinajstić information content (AvgIpc) is 3.11. The van der Waals surface area contributed by atoms with E-state index in [0.717, 1.165) is 32.0 Å². The monoisotopic (exact) mass is 354 g/mol. The van der Waals surface area contributed by atoms with Crippen LogP contribution in [0.5, 0.6) is 0 Å². The quantitative estimate of drug-likeness (QED) is 0.778. The molecule has 2 aromatic heterocycles. The highest BCUT2D eigenvalue weighted by Crippen LogP contribution is 2.24. The second kappa shape index (κ2) is 7.01. The van der Waals surface area contributed by atoms with E-state index in [4.69, 9.17) is 0 Å². The van der Waals surface area contributed by atoms with Gasteiger partial charge < -0.3 is 10.2 Å². The molecule has 1 atom stereocenters. The van der Waals surface area contributed by atoms with E-state index < -0.39 is 0 Å². The molecule has 3 aromatic rings. The third kappa shape index (κ3) is 3.27. The van der Waals surface area contributed by atoms with Gasteiger partial charge in [-0.25, -0.2) is 9.37 Å². The number of piperazine rings is 1. The molecule has 1 aliphatic heterocycles. The Balaban J connectivity index is 1.64. The lowest BCUT2D eigenvalue weighted by Crippen LogP contribution is -2.52. The summed E-state index contributed by atoms with van der Waals surface area (Å²) in [6.45, 7) is 3.94. The lowest BCUT2D eigenvalue weighted by molar-refractivity contribution is 0.122. The Morgan fingerprint density at radius 1 is 1.19 bits per heavy atom. The zero-order chi connectivity index (χ0) is 18.1. The van der Waals surface area contributed by atoms with Crippen LogP contribution in [0.2, 0.25) is 0 Å². The van der Waals surface area contributed by atoms with Gasteiger partial charge in [-0.05, 0) is 26.2 Å². The number of benzene rings is 1. The molecule has 0 radical (unpaired) electrons. The van der Waals surface area contributed by atoms with Crippen LogP contribution in [0.25, 0.3) is 16.9 Å². The molecule has 0 unspecified atom stereocenters. The Morgan fingerprint density at radius 3 is 2.88 bits per heavy atom. The molecule has 1 fully saturated rings. The van der Waals surface area contributed by atoms with Gasteiger partial charge >= 0.3 is 0 Å². The van der Waals surface area contributed by atoms with Crippen LogP contribution in [0, 0.1) is 5.82 Å². The van der Waals surface area contributed by atoms with Crippen molar-refractivity contribution in [2.24, 2.45) is 0 Å². The lowest BCUT2D eigenvalue weighted by atomic mass is 10.1. The van der Waals surface area contributed by atoms with E-state index in [1.165, 1.54) is 6.07 Å². The minimum atomic E-state index is -0.275. The van der Waals surface area contributed by atoms with E-state index in [-0.39, 0.29) is 5.82 Å². The fourth-order valence-corrected chi connectivity index (χ4v) is 3.39. The molecule has 0 aliphatic carbocycles. The second-order valence-electron chi connectivity index (χ2n) is 6.89. The molecule has 26 heavy (non-hydrogen) atoms. The van der Waals surface area contributed by atoms with Crippen molar-refractivity contribution >= 4 is 11.5 Å². The molecule has 6 nitrogen and oxygen atoms in total. The topological polar surface area (TPSA) is 48.7 Å². The average molecular weight is 354 g/mol. The molecule has 1 N–H and O–H groups in total. The first-order chi connectivity index (χ1) is 12.6. The maximum atomic E-state index is 14.2. The molecule has 0 saturated carbocycles. The van der Waals surface area contributed by atoms with Gasteiger partial charge in [0.25, 0.3) is 0 Å². The third-order valence-corrected chi connectivity index (χ3v) is 5.01. The predicted molar refractivity (Wildman–Crippen MR) is 101 cm³/mol. The number of nitrogens with zero attached hydrogens (tertiary/aromatic N) is 5. The molecule has 7 heteroatoms. The van der Waals surface area contributed by atoms with Crippen LogP contribution < -0.4 is 5.32 Å². The lowest BCUT2D eigenvalue weighted by Gasteiger charge is -2.37. The van der Waals surface area contributed by atoms with E-state index in [0.29, 0.717) is 22.9 Å². The number of nitrogens with one attached hydrogen (secondary N) is 1. The van der Waals surface area contributed by atoms with Gasteiger partial charge in [-0.1, -0.05) is 12.1 Å². The van der Waals surface area contributed by atoms with Crippen LogP contribution in [0.4, 0.5) is 10.2 Å². The molecule has 0 spiro atoms. The summed E-state index contributed by atoms with van der Waals surface area (Å²) in [5.74, 6) is 0.545. The summed E-state index contributed by atoms with van der Waals surface area (Å²) in [4.78, 5) is 9.26.